The summed E-state index contributed by atoms with van der Waals surface area (Å²) in [6.07, 6.45) is 0. The first-order valence-corrected chi connectivity index (χ1v) is 7.27. The first-order chi connectivity index (χ1) is 9.27. The van der Waals surface area contributed by atoms with Crippen LogP contribution in [0.1, 0.15) is 17.3 Å². The predicted octanol–water partition coefficient (Wildman–Crippen LogP) is 1.08. The third-order valence-electron chi connectivity index (χ3n) is 2.54. The highest BCUT2D eigenvalue weighted by Gasteiger charge is 2.21. The second-order valence-electron chi connectivity index (χ2n) is 4.36. The van der Waals surface area contributed by atoms with Crippen molar-refractivity contribution >= 4 is 16.0 Å². The van der Waals surface area contributed by atoms with E-state index in [4.69, 9.17) is 9.84 Å². The van der Waals surface area contributed by atoms with Gasteiger partial charge in [-0.3, -0.25) is 0 Å². The maximum absolute atomic E-state index is 13.7. The van der Waals surface area contributed by atoms with E-state index in [-0.39, 0.29) is 18.0 Å². The number of sulfonamides is 1. The van der Waals surface area contributed by atoms with Crippen molar-refractivity contribution in [3.8, 4) is 0 Å². The summed E-state index contributed by atoms with van der Waals surface area (Å²) in [5.41, 5.74) is -0.311. The van der Waals surface area contributed by atoms with Gasteiger partial charge in [-0.1, -0.05) is 6.92 Å². The first kappa shape index (κ1) is 16.5. The summed E-state index contributed by atoms with van der Waals surface area (Å²) < 4.78 is 44.6. The van der Waals surface area contributed by atoms with E-state index in [0.29, 0.717) is 12.7 Å². The quantitative estimate of drug-likeness (QED) is 0.786. The summed E-state index contributed by atoms with van der Waals surface area (Å²) in [4.78, 5) is 10.1. The van der Waals surface area contributed by atoms with Gasteiger partial charge in [0.05, 0.1) is 5.56 Å². The Kier molecular flexibility index (Phi) is 5.61. The van der Waals surface area contributed by atoms with Crippen molar-refractivity contribution in [1.82, 2.24) is 4.72 Å². The van der Waals surface area contributed by atoms with E-state index in [1.807, 2.05) is 0 Å². The van der Waals surface area contributed by atoms with Gasteiger partial charge in [-0.2, -0.15) is 0 Å². The largest absolute Gasteiger partial charge is 0.478 e. The van der Waals surface area contributed by atoms with E-state index in [0.717, 1.165) is 12.1 Å². The Morgan fingerprint density at radius 3 is 2.65 bits per heavy atom. The van der Waals surface area contributed by atoms with Gasteiger partial charge in [0.2, 0.25) is 10.0 Å². The molecule has 0 amide bonds. The van der Waals surface area contributed by atoms with Gasteiger partial charge < -0.3 is 9.84 Å². The van der Waals surface area contributed by atoms with Crippen molar-refractivity contribution in [2.75, 3.05) is 20.3 Å². The minimum absolute atomic E-state index is 0.0730. The molecule has 0 radical (unpaired) electrons. The van der Waals surface area contributed by atoms with Crippen LogP contribution < -0.4 is 4.72 Å². The number of methoxy groups -OCH3 is 1. The molecule has 8 heteroatoms. The number of ether oxygens (including phenoxy) is 1. The van der Waals surface area contributed by atoms with E-state index in [2.05, 4.69) is 4.72 Å². The van der Waals surface area contributed by atoms with Crippen LogP contribution >= 0.6 is 0 Å². The molecule has 112 valence electrons. The first-order valence-electron chi connectivity index (χ1n) is 5.79. The SMILES string of the molecule is COCC(C)CNS(=O)(=O)c1ccc(C(=O)O)cc1F. The van der Waals surface area contributed by atoms with Gasteiger partial charge in [0.15, 0.2) is 0 Å². The number of benzene rings is 1. The molecule has 1 aromatic rings. The Balaban J connectivity index is 2.90. The molecule has 0 aromatic heterocycles. The maximum atomic E-state index is 13.7. The van der Waals surface area contributed by atoms with E-state index in [1.54, 1.807) is 6.92 Å². The molecule has 0 saturated heterocycles. The average Bonchev–Trinajstić information content (AvgIpc) is 2.36. The number of nitrogens with one attached hydrogen (secondary N) is 1. The lowest BCUT2D eigenvalue weighted by Gasteiger charge is -2.12. The lowest BCUT2D eigenvalue weighted by atomic mass is 10.2. The van der Waals surface area contributed by atoms with Crippen LogP contribution in [0.4, 0.5) is 4.39 Å². The van der Waals surface area contributed by atoms with E-state index < -0.39 is 26.7 Å². The molecule has 2 N–H and O–H groups in total. The molecular formula is C12H16FNO5S. The fourth-order valence-corrected chi connectivity index (χ4v) is 2.75. The summed E-state index contributed by atoms with van der Waals surface area (Å²) >= 11 is 0. The number of halogens is 1. The molecular weight excluding hydrogens is 289 g/mol. The minimum atomic E-state index is -4.02. The molecule has 0 aliphatic rings. The standard InChI is InChI=1S/C12H16FNO5S/c1-8(7-19-2)6-14-20(17,18)11-4-3-9(12(15)16)5-10(11)13/h3-5,8,14H,6-7H2,1-2H3,(H,15,16). The van der Waals surface area contributed by atoms with Gasteiger partial charge in [0.1, 0.15) is 10.7 Å². The molecule has 0 spiro atoms. The monoisotopic (exact) mass is 305 g/mol. The molecule has 0 fully saturated rings. The molecule has 20 heavy (non-hydrogen) atoms. The maximum Gasteiger partial charge on any atom is 0.335 e. The Labute approximate surface area is 116 Å². The normalized spacial score (nSPS) is 13.2. The van der Waals surface area contributed by atoms with Crippen LogP contribution in [0.2, 0.25) is 0 Å². The Bertz CT molecular complexity index is 588. The Morgan fingerprint density at radius 2 is 2.15 bits per heavy atom. The zero-order valence-electron chi connectivity index (χ0n) is 11.1. The van der Waals surface area contributed by atoms with Crippen molar-refractivity contribution in [3.05, 3.63) is 29.6 Å². The van der Waals surface area contributed by atoms with Crippen molar-refractivity contribution in [1.29, 1.82) is 0 Å². The molecule has 0 bridgehead atoms. The topological polar surface area (TPSA) is 92.7 Å². The number of aromatic carboxylic acids is 1. The Morgan fingerprint density at radius 1 is 1.50 bits per heavy atom. The van der Waals surface area contributed by atoms with Gasteiger partial charge >= 0.3 is 5.97 Å². The molecule has 0 heterocycles. The molecule has 0 aliphatic carbocycles. The smallest absolute Gasteiger partial charge is 0.335 e. The van der Waals surface area contributed by atoms with Gasteiger partial charge in [-0.25, -0.2) is 22.3 Å². The van der Waals surface area contributed by atoms with Crippen molar-refractivity contribution in [2.45, 2.75) is 11.8 Å². The molecule has 1 atom stereocenters. The number of hydrogen-bond donors (Lipinski definition) is 2. The zero-order chi connectivity index (χ0) is 15.3. The second kappa shape index (κ2) is 6.78. The highest BCUT2D eigenvalue weighted by Crippen LogP contribution is 2.16. The number of carboxylic acids is 1. The van der Waals surface area contributed by atoms with Crippen molar-refractivity contribution in [2.24, 2.45) is 5.92 Å². The van der Waals surface area contributed by atoms with Gasteiger partial charge in [-0.15, -0.1) is 0 Å². The van der Waals surface area contributed by atoms with Crippen LogP contribution in [0.5, 0.6) is 0 Å². The van der Waals surface area contributed by atoms with Gasteiger partial charge in [0.25, 0.3) is 0 Å². The van der Waals surface area contributed by atoms with Crippen LogP contribution in [0.3, 0.4) is 0 Å². The fourth-order valence-electron chi connectivity index (χ4n) is 1.52. The lowest BCUT2D eigenvalue weighted by molar-refractivity contribution is 0.0696. The Hall–Kier alpha value is -1.51. The summed E-state index contributed by atoms with van der Waals surface area (Å²) in [5, 5.41) is 8.69. The molecule has 1 rings (SSSR count). The average molecular weight is 305 g/mol. The molecule has 6 nitrogen and oxygen atoms in total. The van der Waals surface area contributed by atoms with Crippen LogP contribution in [-0.2, 0) is 14.8 Å². The number of hydrogen-bond acceptors (Lipinski definition) is 4. The highest BCUT2D eigenvalue weighted by molar-refractivity contribution is 7.89. The highest BCUT2D eigenvalue weighted by atomic mass is 32.2. The van der Waals surface area contributed by atoms with Crippen LogP contribution in [0.15, 0.2) is 23.1 Å². The predicted molar refractivity (Wildman–Crippen MR) is 69.6 cm³/mol. The van der Waals surface area contributed by atoms with E-state index in [9.17, 15) is 17.6 Å². The third kappa shape index (κ3) is 4.26. The van der Waals surface area contributed by atoms with Crippen LogP contribution in [0, 0.1) is 11.7 Å². The minimum Gasteiger partial charge on any atom is -0.478 e. The fraction of sp³-hybridized carbons (Fsp3) is 0.417. The van der Waals surface area contributed by atoms with E-state index >= 15 is 0 Å². The summed E-state index contributed by atoms with van der Waals surface area (Å²) in [7, 11) is -2.52. The van der Waals surface area contributed by atoms with Crippen molar-refractivity contribution < 1.29 is 27.4 Å². The van der Waals surface area contributed by atoms with Gasteiger partial charge in [-0.05, 0) is 24.1 Å². The van der Waals surface area contributed by atoms with Crippen LogP contribution in [0.25, 0.3) is 0 Å². The molecule has 0 saturated carbocycles. The lowest BCUT2D eigenvalue weighted by Crippen LogP contribution is -2.30. The molecule has 0 aliphatic heterocycles. The molecule has 1 unspecified atom stereocenters. The number of carboxylic acid groups (broad SMARTS) is 1. The van der Waals surface area contributed by atoms with Gasteiger partial charge in [0, 0.05) is 20.3 Å². The third-order valence-corrected chi connectivity index (χ3v) is 4.00. The number of carbonyl (C=O) groups is 1. The van der Waals surface area contributed by atoms with Crippen LogP contribution in [-0.4, -0.2) is 39.8 Å². The summed E-state index contributed by atoms with van der Waals surface area (Å²) in [6, 6.07) is 2.65. The zero-order valence-corrected chi connectivity index (χ0v) is 11.9. The number of rotatable bonds is 7. The second-order valence-corrected chi connectivity index (χ2v) is 6.10. The summed E-state index contributed by atoms with van der Waals surface area (Å²) in [5.74, 6) is -2.50. The van der Waals surface area contributed by atoms with Crippen molar-refractivity contribution in [3.63, 3.8) is 0 Å². The van der Waals surface area contributed by atoms with E-state index in [1.165, 1.54) is 7.11 Å². The molecule has 1 aromatic carbocycles. The summed E-state index contributed by atoms with van der Waals surface area (Å²) in [6.45, 7) is 2.23.